The number of nitrogens with one attached hydrogen (secondary N) is 2. The number of rotatable bonds is 7. The zero-order valence-corrected chi connectivity index (χ0v) is 23.9. The third kappa shape index (κ3) is 4.28. The standard InChI is InChI=1S/C31H29FN8O4/c1-38-13-21-27(34-12-23(32)28(21)36-38)22-14-39(37-26(22)16-2-3-16)18-8-15(9-18)11-33-17-4-5-19-20(10-17)31(44)40(30(19)43)24-6-7-25(41)35-29(24)42/h4-5,10,12-16,18,24,33H,2-3,6-9,11H2,1H3,(H,35,41,42). The Bertz CT molecular complexity index is 1900. The Balaban J connectivity index is 0.940. The molecule has 12 nitrogen and oxygen atoms in total. The minimum absolute atomic E-state index is 0.0816. The van der Waals surface area contributed by atoms with E-state index in [1.165, 1.54) is 6.20 Å². The van der Waals surface area contributed by atoms with Crippen LogP contribution in [0.4, 0.5) is 10.1 Å². The number of carbonyl (C=O) groups excluding carboxylic acids is 4. The highest BCUT2D eigenvalue weighted by atomic mass is 19.1. The van der Waals surface area contributed by atoms with E-state index in [0.29, 0.717) is 35.0 Å². The van der Waals surface area contributed by atoms with Crippen LogP contribution in [0, 0.1) is 11.7 Å². The van der Waals surface area contributed by atoms with Crippen LogP contribution in [0.1, 0.15) is 76.9 Å². The second kappa shape index (κ2) is 9.79. The van der Waals surface area contributed by atoms with E-state index in [-0.39, 0.29) is 30.0 Å². The van der Waals surface area contributed by atoms with E-state index < -0.39 is 35.5 Å². The van der Waals surface area contributed by atoms with Gasteiger partial charge in [-0.25, -0.2) is 4.39 Å². The molecule has 4 amide bonds. The lowest BCUT2D eigenvalue weighted by molar-refractivity contribution is -0.136. The zero-order chi connectivity index (χ0) is 30.3. The number of anilines is 1. The fourth-order valence-corrected chi connectivity index (χ4v) is 6.66. The summed E-state index contributed by atoms with van der Waals surface area (Å²) < 4.78 is 18.0. The number of aromatic nitrogens is 5. The van der Waals surface area contributed by atoms with Gasteiger partial charge in [-0.2, -0.15) is 10.2 Å². The first kappa shape index (κ1) is 26.7. The average molecular weight is 597 g/mol. The minimum Gasteiger partial charge on any atom is -0.385 e. The predicted molar refractivity (Wildman–Crippen MR) is 155 cm³/mol. The number of nitrogens with zero attached hydrogens (tertiary/aromatic N) is 6. The number of carbonyl (C=O) groups is 4. The van der Waals surface area contributed by atoms with Crippen LogP contribution in [0.15, 0.2) is 36.8 Å². The third-order valence-corrected chi connectivity index (χ3v) is 9.22. The molecule has 5 heterocycles. The maximum absolute atomic E-state index is 14.4. The van der Waals surface area contributed by atoms with Crippen molar-refractivity contribution in [2.75, 3.05) is 11.9 Å². The molecule has 1 unspecified atom stereocenters. The van der Waals surface area contributed by atoms with Crippen molar-refractivity contribution in [3.63, 3.8) is 0 Å². The summed E-state index contributed by atoms with van der Waals surface area (Å²) in [7, 11) is 1.77. The number of aryl methyl sites for hydroxylation is 1. The van der Waals surface area contributed by atoms with Crippen molar-refractivity contribution in [3.8, 4) is 11.3 Å². The maximum Gasteiger partial charge on any atom is 0.262 e. The summed E-state index contributed by atoms with van der Waals surface area (Å²) in [5.41, 5.74) is 4.21. The Morgan fingerprint density at radius 1 is 1.00 bits per heavy atom. The molecular weight excluding hydrogens is 567 g/mol. The highest BCUT2D eigenvalue weighted by Gasteiger charge is 2.44. The Morgan fingerprint density at radius 3 is 2.57 bits per heavy atom. The first-order chi connectivity index (χ1) is 21.2. The number of amides is 4. The minimum atomic E-state index is -0.985. The number of imide groups is 2. The fraction of sp³-hybridized carbons (Fsp3) is 0.387. The van der Waals surface area contributed by atoms with Crippen LogP contribution in [-0.4, -0.2) is 65.7 Å². The first-order valence-electron chi connectivity index (χ1n) is 14.9. The van der Waals surface area contributed by atoms with Crippen LogP contribution < -0.4 is 10.6 Å². The van der Waals surface area contributed by atoms with Crippen molar-refractivity contribution >= 4 is 40.2 Å². The number of pyridine rings is 1. The van der Waals surface area contributed by atoms with Crippen LogP contribution in [0.2, 0.25) is 0 Å². The first-order valence-corrected chi connectivity index (χ1v) is 14.9. The number of piperidine rings is 1. The SMILES string of the molecule is Cn1cc2c(-c3cn(C4CC(CNc5ccc6c(c5)C(=O)N(C5CCC(=O)NC5=O)C6=O)C4)nc3C3CC3)ncc(F)c2n1. The van der Waals surface area contributed by atoms with Crippen molar-refractivity contribution in [1.29, 1.82) is 0 Å². The smallest absolute Gasteiger partial charge is 0.262 e. The quantitative estimate of drug-likeness (QED) is 0.309. The van der Waals surface area contributed by atoms with E-state index >= 15 is 0 Å². The molecule has 4 aromatic rings. The molecule has 3 fully saturated rings. The van der Waals surface area contributed by atoms with Gasteiger partial charge >= 0.3 is 0 Å². The Labute approximate surface area is 250 Å². The molecule has 2 aliphatic heterocycles. The number of hydrogen-bond donors (Lipinski definition) is 2. The predicted octanol–water partition coefficient (Wildman–Crippen LogP) is 3.31. The van der Waals surface area contributed by atoms with Crippen LogP contribution in [0.5, 0.6) is 0 Å². The highest BCUT2D eigenvalue weighted by Crippen LogP contribution is 2.46. The van der Waals surface area contributed by atoms with E-state index in [9.17, 15) is 23.6 Å². The van der Waals surface area contributed by atoms with Gasteiger partial charge in [0.1, 0.15) is 11.6 Å². The topological polar surface area (TPSA) is 144 Å². The lowest BCUT2D eigenvalue weighted by atomic mass is 9.80. The van der Waals surface area contributed by atoms with Crippen molar-refractivity contribution in [2.45, 2.75) is 56.5 Å². The third-order valence-electron chi connectivity index (χ3n) is 9.22. The molecular formula is C31H29FN8O4. The van der Waals surface area contributed by atoms with Crippen molar-refractivity contribution in [3.05, 3.63) is 59.4 Å². The second-order valence-corrected chi connectivity index (χ2v) is 12.3. The summed E-state index contributed by atoms with van der Waals surface area (Å²) in [6.07, 6.45) is 9.29. The summed E-state index contributed by atoms with van der Waals surface area (Å²) >= 11 is 0. The molecule has 1 saturated heterocycles. The van der Waals surface area contributed by atoms with E-state index in [1.807, 2.05) is 10.9 Å². The molecule has 0 spiro atoms. The second-order valence-electron chi connectivity index (χ2n) is 12.3. The van der Waals surface area contributed by atoms with E-state index in [2.05, 4.69) is 20.7 Å². The number of fused-ring (bicyclic) bond motifs is 2. The normalized spacial score (nSPS) is 23.2. The molecule has 13 heteroatoms. The lowest BCUT2D eigenvalue weighted by Gasteiger charge is -2.35. The largest absolute Gasteiger partial charge is 0.385 e. The Morgan fingerprint density at radius 2 is 1.80 bits per heavy atom. The van der Waals surface area contributed by atoms with Gasteiger partial charge in [0.15, 0.2) is 5.82 Å². The number of halogens is 1. The number of hydrogen-bond acceptors (Lipinski definition) is 8. The van der Waals surface area contributed by atoms with Crippen molar-refractivity contribution < 1.29 is 23.6 Å². The molecule has 8 rings (SSSR count). The van der Waals surface area contributed by atoms with Gasteiger partial charge in [0.25, 0.3) is 11.8 Å². The maximum atomic E-state index is 14.4. The van der Waals surface area contributed by atoms with E-state index in [0.717, 1.165) is 47.5 Å². The average Bonchev–Trinajstić information content (AvgIpc) is 3.53. The molecule has 0 bridgehead atoms. The van der Waals surface area contributed by atoms with Gasteiger partial charge in [-0.05, 0) is 56.2 Å². The molecule has 1 aromatic carbocycles. The number of benzene rings is 1. The van der Waals surface area contributed by atoms with Crippen molar-refractivity contribution in [2.24, 2.45) is 13.0 Å². The van der Waals surface area contributed by atoms with Gasteiger partial charge < -0.3 is 5.32 Å². The molecule has 3 aromatic heterocycles. The lowest BCUT2D eigenvalue weighted by Crippen LogP contribution is -2.54. The van der Waals surface area contributed by atoms with Gasteiger partial charge in [-0.3, -0.25) is 43.7 Å². The van der Waals surface area contributed by atoms with Crippen molar-refractivity contribution in [1.82, 2.24) is 34.8 Å². The molecule has 1 atom stereocenters. The molecule has 224 valence electrons. The van der Waals surface area contributed by atoms with Gasteiger partial charge in [0.05, 0.1) is 34.8 Å². The van der Waals surface area contributed by atoms with E-state index in [1.54, 1.807) is 36.1 Å². The van der Waals surface area contributed by atoms with Crippen LogP contribution in [0.3, 0.4) is 0 Å². The molecule has 4 aliphatic rings. The summed E-state index contributed by atoms with van der Waals surface area (Å²) in [5, 5.41) is 15.6. The van der Waals surface area contributed by atoms with Gasteiger partial charge in [-0.1, -0.05) is 0 Å². The summed E-state index contributed by atoms with van der Waals surface area (Å²) in [5.74, 6) is -1.73. The van der Waals surface area contributed by atoms with Gasteiger partial charge in [0, 0.05) is 55.0 Å². The molecule has 2 N–H and O–H groups in total. The van der Waals surface area contributed by atoms with Gasteiger partial charge in [0.2, 0.25) is 11.8 Å². The Hall–Kier alpha value is -4.94. The van der Waals surface area contributed by atoms with Gasteiger partial charge in [-0.15, -0.1) is 0 Å². The summed E-state index contributed by atoms with van der Waals surface area (Å²) in [4.78, 5) is 55.4. The molecule has 44 heavy (non-hydrogen) atoms. The highest BCUT2D eigenvalue weighted by molar-refractivity contribution is 6.23. The fourth-order valence-electron chi connectivity index (χ4n) is 6.66. The van der Waals surface area contributed by atoms with Crippen LogP contribution in [-0.2, 0) is 16.6 Å². The summed E-state index contributed by atoms with van der Waals surface area (Å²) in [6, 6.07) is 4.29. The molecule has 2 saturated carbocycles. The Kier molecular flexibility index (Phi) is 5.94. The van der Waals surface area contributed by atoms with Crippen LogP contribution >= 0.6 is 0 Å². The van der Waals surface area contributed by atoms with Crippen LogP contribution in [0.25, 0.3) is 22.2 Å². The summed E-state index contributed by atoms with van der Waals surface area (Å²) in [6.45, 7) is 0.688. The monoisotopic (exact) mass is 596 g/mol. The van der Waals surface area contributed by atoms with E-state index in [4.69, 9.17) is 5.10 Å². The zero-order valence-electron chi connectivity index (χ0n) is 23.9. The molecule has 0 radical (unpaired) electrons. The molecule has 2 aliphatic carbocycles.